The number of hydrogen-bond acceptors (Lipinski definition) is 2. The van der Waals surface area contributed by atoms with Crippen LogP contribution >= 0.6 is 15.9 Å². The van der Waals surface area contributed by atoms with Crippen molar-refractivity contribution in [2.75, 3.05) is 0 Å². The van der Waals surface area contributed by atoms with Gasteiger partial charge in [-0.1, -0.05) is 35.8 Å². The molecule has 0 amide bonds. The van der Waals surface area contributed by atoms with Crippen LogP contribution in [0.1, 0.15) is 25.5 Å². The first kappa shape index (κ1) is 10.5. The van der Waals surface area contributed by atoms with Crippen molar-refractivity contribution >= 4 is 15.9 Å². The fraction of sp³-hybridized carbons (Fsp3) is 0.400. The smallest absolute Gasteiger partial charge is 0.122 e. The Morgan fingerprint density at radius 1 is 1.31 bits per heavy atom. The minimum absolute atomic E-state index is 0.104. The number of aromatic hydroxyl groups is 1. The SMILES string of the molecule is CC(C)C(O)c1ccc(Br)cc1O. The Morgan fingerprint density at radius 2 is 1.92 bits per heavy atom. The highest BCUT2D eigenvalue weighted by atomic mass is 79.9. The summed E-state index contributed by atoms with van der Waals surface area (Å²) in [7, 11) is 0. The molecule has 0 spiro atoms. The fourth-order valence-electron chi connectivity index (χ4n) is 1.13. The molecule has 0 saturated carbocycles. The molecule has 0 radical (unpaired) electrons. The van der Waals surface area contributed by atoms with Crippen molar-refractivity contribution in [3.8, 4) is 5.75 Å². The Hall–Kier alpha value is -0.540. The summed E-state index contributed by atoms with van der Waals surface area (Å²) in [6.45, 7) is 3.82. The van der Waals surface area contributed by atoms with E-state index in [1.807, 2.05) is 13.8 Å². The first-order valence-electron chi connectivity index (χ1n) is 4.19. The predicted octanol–water partition coefficient (Wildman–Crippen LogP) is 2.84. The van der Waals surface area contributed by atoms with Crippen LogP contribution in [0.2, 0.25) is 0 Å². The fourth-order valence-corrected chi connectivity index (χ4v) is 1.48. The lowest BCUT2D eigenvalue weighted by molar-refractivity contribution is 0.124. The quantitative estimate of drug-likeness (QED) is 0.841. The summed E-state index contributed by atoms with van der Waals surface area (Å²) in [5.74, 6) is 0.239. The third-order valence-corrected chi connectivity index (χ3v) is 2.44. The van der Waals surface area contributed by atoms with Crippen molar-refractivity contribution in [3.05, 3.63) is 28.2 Å². The number of halogens is 1. The first-order chi connectivity index (χ1) is 6.02. The van der Waals surface area contributed by atoms with Crippen LogP contribution in [-0.2, 0) is 0 Å². The summed E-state index contributed by atoms with van der Waals surface area (Å²) in [6, 6.07) is 5.12. The predicted molar refractivity (Wildman–Crippen MR) is 55.6 cm³/mol. The molecule has 13 heavy (non-hydrogen) atoms. The lowest BCUT2D eigenvalue weighted by Gasteiger charge is -2.15. The molecule has 2 nitrogen and oxygen atoms in total. The number of phenols is 1. The molecule has 0 aliphatic carbocycles. The van der Waals surface area contributed by atoms with Crippen LogP contribution in [0.15, 0.2) is 22.7 Å². The molecule has 0 aliphatic rings. The lowest BCUT2D eigenvalue weighted by atomic mass is 9.98. The Kier molecular flexibility index (Phi) is 3.33. The van der Waals surface area contributed by atoms with Crippen molar-refractivity contribution in [2.45, 2.75) is 20.0 Å². The van der Waals surface area contributed by atoms with Gasteiger partial charge >= 0.3 is 0 Å². The number of aliphatic hydroxyl groups is 1. The molecule has 0 aromatic heterocycles. The van der Waals surface area contributed by atoms with Crippen LogP contribution in [0.25, 0.3) is 0 Å². The second-order valence-electron chi connectivity index (χ2n) is 3.39. The van der Waals surface area contributed by atoms with Gasteiger partial charge in [0.2, 0.25) is 0 Å². The molecule has 2 N–H and O–H groups in total. The lowest BCUT2D eigenvalue weighted by Crippen LogP contribution is -2.05. The van der Waals surface area contributed by atoms with Gasteiger partial charge in [0.05, 0.1) is 6.10 Å². The Morgan fingerprint density at radius 3 is 2.38 bits per heavy atom. The van der Waals surface area contributed by atoms with Gasteiger partial charge in [0, 0.05) is 10.0 Å². The molecule has 0 aliphatic heterocycles. The molecule has 0 saturated heterocycles. The summed E-state index contributed by atoms with van der Waals surface area (Å²) in [4.78, 5) is 0. The number of rotatable bonds is 2. The second-order valence-corrected chi connectivity index (χ2v) is 4.31. The maximum absolute atomic E-state index is 9.69. The van der Waals surface area contributed by atoms with Crippen molar-refractivity contribution < 1.29 is 10.2 Å². The minimum Gasteiger partial charge on any atom is -0.508 e. The van der Waals surface area contributed by atoms with Crippen LogP contribution in [0.4, 0.5) is 0 Å². The van der Waals surface area contributed by atoms with Crippen molar-refractivity contribution in [3.63, 3.8) is 0 Å². The zero-order chi connectivity index (χ0) is 10.0. The Labute approximate surface area is 86.3 Å². The highest BCUT2D eigenvalue weighted by molar-refractivity contribution is 9.10. The monoisotopic (exact) mass is 244 g/mol. The molecule has 1 rings (SSSR count). The van der Waals surface area contributed by atoms with E-state index in [0.717, 1.165) is 4.47 Å². The zero-order valence-electron chi connectivity index (χ0n) is 7.66. The normalized spacial score (nSPS) is 13.3. The van der Waals surface area contributed by atoms with Gasteiger partial charge in [0.1, 0.15) is 5.75 Å². The number of benzene rings is 1. The van der Waals surface area contributed by atoms with E-state index in [9.17, 15) is 10.2 Å². The topological polar surface area (TPSA) is 40.5 Å². The van der Waals surface area contributed by atoms with Crippen LogP contribution in [0, 0.1) is 5.92 Å². The largest absolute Gasteiger partial charge is 0.508 e. The van der Waals surface area contributed by atoms with Crippen molar-refractivity contribution in [2.24, 2.45) is 5.92 Å². The van der Waals surface area contributed by atoms with Gasteiger partial charge in [-0.25, -0.2) is 0 Å². The third kappa shape index (κ3) is 2.45. The maximum Gasteiger partial charge on any atom is 0.122 e. The first-order valence-corrected chi connectivity index (χ1v) is 4.98. The van der Waals surface area contributed by atoms with Crippen LogP contribution in [-0.4, -0.2) is 10.2 Å². The Balaban J connectivity index is 3.01. The highest BCUT2D eigenvalue weighted by Crippen LogP contribution is 2.31. The summed E-state index contributed by atoms with van der Waals surface area (Å²) in [5.41, 5.74) is 0.582. The van der Waals surface area contributed by atoms with E-state index in [1.54, 1.807) is 18.2 Å². The number of aliphatic hydroxyl groups excluding tert-OH is 1. The Bertz CT molecular complexity index is 297. The molecule has 0 fully saturated rings. The van der Waals surface area contributed by atoms with E-state index in [2.05, 4.69) is 15.9 Å². The molecule has 1 atom stereocenters. The van der Waals surface area contributed by atoms with Gasteiger partial charge in [-0.05, 0) is 18.1 Å². The van der Waals surface area contributed by atoms with Gasteiger partial charge in [-0.15, -0.1) is 0 Å². The maximum atomic E-state index is 9.69. The molecule has 0 heterocycles. The van der Waals surface area contributed by atoms with Crippen molar-refractivity contribution in [1.82, 2.24) is 0 Å². The van der Waals surface area contributed by atoms with Gasteiger partial charge in [0.25, 0.3) is 0 Å². The number of hydrogen-bond donors (Lipinski definition) is 2. The van der Waals surface area contributed by atoms with Crippen molar-refractivity contribution in [1.29, 1.82) is 0 Å². The summed E-state index contributed by atoms with van der Waals surface area (Å²) >= 11 is 3.24. The molecule has 72 valence electrons. The molecule has 1 unspecified atom stereocenters. The minimum atomic E-state index is -0.604. The molecule has 1 aromatic carbocycles. The van der Waals surface area contributed by atoms with Gasteiger partial charge in [-0.2, -0.15) is 0 Å². The van der Waals surface area contributed by atoms with Gasteiger partial charge in [-0.3, -0.25) is 0 Å². The van der Waals surface area contributed by atoms with Gasteiger partial charge < -0.3 is 10.2 Å². The summed E-state index contributed by atoms with van der Waals surface area (Å²) in [6.07, 6.45) is -0.604. The molecule has 3 heteroatoms. The average molecular weight is 245 g/mol. The van der Waals surface area contributed by atoms with Crippen LogP contribution in [0.3, 0.4) is 0 Å². The third-order valence-electron chi connectivity index (χ3n) is 1.94. The number of phenolic OH excluding ortho intramolecular Hbond substituents is 1. The van der Waals surface area contributed by atoms with Gasteiger partial charge in [0.15, 0.2) is 0 Å². The van der Waals surface area contributed by atoms with E-state index in [0.29, 0.717) is 5.56 Å². The van der Waals surface area contributed by atoms with E-state index in [-0.39, 0.29) is 11.7 Å². The van der Waals surface area contributed by atoms with E-state index < -0.39 is 6.10 Å². The molecule has 0 bridgehead atoms. The average Bonchev–Trinajstić information content (AvgIpc) is 2.03. The highest BCUT2D eigenvalue weighted by Gasteiger charge is 2.15. The molecule has 1 aromatic rings. The second kappa shape index (κ2) is 4.11. The summed E-state index contributed by atoms with van der Waals surface area (Å²) < 4.78 is 0.810. The molecular formula is C10H13BrO2. The summed E-state index contributed by atoms with van der Waals surface area (Å²) in [5, 5.41) is 19.2. The molecular weight excluding hydrogens is 232 g/mol. The zero-order valence-corrected chi connectivity index (χ0v) is 9.25. The van der Waals surface area contributed by atoms with E-state index in [1.165, 1.54) is 0 Å². The van der Waals surface area contributed by atoms with E-state index in [4.69, 9.17) is 0 Å². The van der Waals surface area contributed by atoms with Crippen LogP contribution < -0.4 is 0 Å². The van der Waals surface area contributed by atoms with E-state index >= 15 is 0 Å². The van der Waals surface area contributed by atoms with Crippen LogP contribution in [0.5, 0.6) is 5.75 Å². The standard InChI is InChI=1S/C10H13BrO2/c1-6(2)10(13)8-4-3-7(11)5-9(8)12/h3-6,10,12-13H,1-2H3.